The van der Waals surface area contributed by atoms with Gasteiger partial charge in [-0.15, -0.1) is 0 Å². The fourth-order valence-corrected chi connectivity index (χ4v) is 2.79. The highest BCUT2D eigenvalue weighted by Gasteiger charge is 2.32. The lowest BCUT2D eigenvalue weighted by molar-refractivity contribution is 0.0703. The van der Waals surface area contributed by atoms with E-state index >= 15 is 0 Å². The molecule has 0 radical (unpaired) electrons. The molecule has 2 rings (SSSR count). The summed E-state index contributed by atoms with van der Waals surface area (Å²) >= 11 is 12.3. The summed E-state index contributed by atoms with van der Waals surface area (Å²) in [5.74, 6) is 0. The monoisotopic (exact) mass is 294 g/mol. The van der Waals surface area contributed by atoms with Crippen LogP contribution in [0.4, 0.5) is 0 Å². The summed E-state index contributed by atoms with van der Waals surface area (Å²) in [5.41, 5.74) is 0.397. The molecule has 19 heavy (non-hydrogen) atoms. The zero-order valence-electron chi connectivity index (χ0n) is 10.7. The first kappa shape index (κ1) is 14.4. The van der Waals surface area contributed by atoms with Crippen molar-refractivity contribution in [3.05, 3.63) is 69.7 Å². The van der Waals surface area contributed by atoms with E-state index in [4.69, 9.17) is 23.2 Å². The zero-order valence-corrected chi connectivity index (χ0v) is 12.2. The van der Waals surface area contributed by atoms with E-state index in [1.165, 1.54) is 0 Å². The van der Waals surface area contributed by atoms with Crippen molar-refractivity contribution in [3.8, 4) is 0 Å². The third-order valence-electron chi connectivity index (χ3n) is 3.26. The van der Waals surface area contributed by atoms with Crippen LogP contribution in [0.2, 0.25) is 10.0 Å². The molecule has 0 spiro atoms. The second-order valence-corrected chi connectivity index (χ2v) is 5.36. The molecule has 0 aliphatic heterocycles. The lowest BCUT2D eigenvalue weighted by atomic mass is 9.83. The molecule has 0 amide bonds. The Labute approximate surface area is 123 Å². The van der Waals surface area contributed by atoms with E-state index in [-0.39, 0.29) is 0 Å². The van der Waals surface area contributed by atoms with E-state index in [0.29, 0.717) is 22.0 Å². The van der Waals surface area contributed by atoms with E-state index in [0.717, 1.165) is 12.0 Å². The van der Waals surface area contributed by atoms with Crippen molar-refractivity contribution in [2.24, 2.45) is 0 Å². The minimum atomic E-state index is -1.10. The molecule has 1 nitrogen and oxygen atoms in total. The summed E-state index contributed by atoms with van der Waals surface area (Å²) in [5, 5.41) is 12.0. The van der Waals surface area contributed by atoms with Gasteiger partial charge < -0.3 is 5.11 Å². The largest absolute Gasteiger partial charge is 0.380 e. The number of hydrogen-bond donors (Lipinski definition) is 1. The Morgan fingerprint density at radius 2 is 1.68 bits per heavy atom. The van der Waals surface area contributed by atoms with Gasteiger partial charge in [0.05, 0.1) is 10.0 Å². The van der Waals surface area contributed by atoms with Crippen molar-refractivity contribution in [2.75, 3.05) is 0 Å². The van der Waals surface area contributed by atoms with Crippen molar-refractivity contribution in [1.82, 2.24) is 0 Å². The second-order valence-electron chi connectivity index (χ2n) is 4.58. The number of benzene rings is 2. The summed E-state index contributed by atoms with van der Waals surface area (Å²) in [7, 11) is 0. The Kier molecular flexibility index (Phi) is 4.51. The first-order chi connectivity index (χ1) is 9.09. The quantitative estimate of drug-likeness (QED) is 0.838. The van der Waals surface area contributed by atoms with Crippen LogP contribution in [0.3, 0.4) is 0 Å². The maximum Gasteiger partial charge on any atom is 0.116 e. The summed E-state index contributed by atoms with van der Waals surface area (Å²) in [4.78, 5) is 0. The van der Waals surface area contributed by atoms with Gasteiger partial charge in [-0.3, -0.25) is 0 Å². The van der Waals surface area contributed by atoms with Gasteiger partial charge in [0.1, 0.15) is 5.60 Å². The topological polar surface area (TPSA) is 20.2 Å². The highest BCUT2D eigenvalue weighted by Crippen LogP contribution is 2.40. The van der Waals surface area contributed by atoms with Crippen LogP contribution in [0.25, 0.3) is 0 Å². The predicted octanol–water partition coefficient (Wildman–Crippen LogP) is 5.03. The Bertz CT molecular complexity index is 554. The Morgan fingerprint density at radius 1 is 1.00 bits per heavy atom. The standard InChI is InChI=1S/C16H16Cl2O/c1-2-11-16(19,12-7-4-3-5-8-12)13-9-6-10-14(17)15(13)18/h3-10,19H,2,11H2,1H3. The van der Waals surface area contributed by atoms with Gasteiger partial charge >= 0.3 is 0 Å². The van der Waals surface area contributed by atoms with Crippen molar-refractivity contribution >= 4 is 23.2 Å². The van der Waals surface area contributed by atoms with Crippen LogP contribution in [0.5, 0.6) is 0 Å². The Morgan fingerprint density at radius 3 is 2.32 bits per heavy atom. The fourth-order valence-electron chi connectivity index (χ4n) is 2.33. The summed E-state index contributed by atoms with van der Waals surface area (Å²) in [6, 6.07) is 14.9. The molecule has 1 unspecified atom stereocenters. The first-order valence-corrected chi connectivity index (χ1v) is 7.07. The molecule has 0 saturated carbocycles. The Hall–Kier alpha value is -1.02. The second kappa shape index (κ2) is 5.96. The molecule has 0 heterocycles. The normalized spacial score (nSPS) is 14.1. The Balaban J connectivity index is 2.60. The number of hydrogen-bond acceptors (Lipinski definition) is 1. The van der Waals surface area contributed by atoms with Crippen molar-refractivity contribution < 1.29 is 5.11 Å². The number of aliphatic hydroxyl groups is 1. The molecule has 2 aromatic rings. The van der Waals surface area contributed by atoms with Gasteiger partial charge in [-0.25, -0.2) is 0 Å². The smallest absolute Gasteiger partial charge is 0.116 e. The summed E-state index contributed by atoms with van der Waals surface area (Å²) in [6.45, 7) is 2.03. The van der Waals surface area contributed by atoms with Crippen molar-refractivity contribution in [3.63, 3.8) is 0 Å². The molecule has 0 aliphatic carbocycles. The van der Waals surface area contributed by atoms with Crippen molar-refractivity contribution in [2.45, 2.75) is 25.4 Å². The third-order valence-corrected chi connectivity index (χ3v) is 4.08. The van der Waals surface area contributed by atoms with Gasteiger partial charge in [-0.2, -0.15) is 0 Å². The SMILES string of the molecule is CCCC(O)(c1ccccc1)c1cccc(Cl)c1Cl. The molecule has 1 atom stereocenters. The molecule has 0 saturated heterocycles. The van der Waals surface area contributed by atoms with Gasteiger partial charge in [0.15, 0.2) is 0 Å². The molecule has 0 aliphatic rings. The van der Waals surface area contributed by atoms with Crippen LogP contribution in [0, 0.1) is 0 Å². The highest BCUT2D eigenvalue weighted by molar-refractivity contribution is 6.42. The number of halogens is 2. The molecular weight excluding hydrogens is 279 g/mol. The summed E-state index contributed by atoms with van der Waals surface area (Å²) < 4.78 is 0. The molecule has 0 fully saturated rings. The zero-order chi connectivity index (χ0) is 13.9. The van der Waals surface area contributed by atoms with Crippen LogP contribution >= 0.6 is 23.2 Å². The maximum absolute atomic E-state index is 11.1. The van der Waals surface area contributed by atoms with Crippen molar-refractivity contribution in [1.29, 1.82) is 0 Å². The first-order valence-electron chi connectivity index (χ1n) is 6.32. The van der Waals surface area contributed by atoms with Gasteiger partial charge in [-0.1, -0.05) is 79.0 Å². The molecule has 2 aromatic carbocycles. The molecule has 1 N–H and O–H groups in total. The van der Waals surface area contributed by atoms with Gasteiger partial charge in [0.2, 0.25) is 0 Å². The lowest BCUT2D eigenvalue weighted by Crippen LogP contribution is -2.27. The van der Waals surface area contributed by atoms with Gasteiger partial charge in [0, 0.05) is 5.56 Å². The fraction of sp³-hybridized carbons (Fsp3) is 0.250. The van der Waals surface area contributed by atoms with E-state index in [2.05, 4.69) is 0 Å². The van der Waals surface area contributed by atoms with E-state index in [1.54, 1.807) is 6.07 Å². The minimum absolute atomic E-state index is 0.420. The van der Waals surface area contributed by atoms with Crippen LogP contribution in [-0.4, -0.2) is 5.11 Å². The maximum atomic E-state index is 11.1. The lowest BCUT2D eigenvalue weighted by Gasteiger charge is -2.30. The highest BCUT2D eigenvalue weighted by atomic mass is 35.5. The third kappa shape index (κ3) is 2.79. The molecule has 3 heteroatoms. The predicted molar refractivity (Wildman–Crippen MR) is 80.8 cm³/mol. The average molecular weight is 295 g/mol. The van der Waals surface area contributed by atoms with Crippen LogP contribution in [0.1, 0.15) is 30.9 Å². The average Bonchev–Trinajstić information content (AvgIpc) is 2.43. The van der Waals surface area contributed by atoms with Crippen LogP contribution in [-0.2, 0) is 5.60 Å². The molecule has 0 bridgehead atoms. The van der Waals surface area contributed by atoms with E-state index in [1.807, 2.05) is 49.4 Å². The summed E-state index contributed by atoms with van der Waals surface area (Å²) in [6.07, 6.45) is 1.44. The molecule has 100 valence electrons. The van der Waals surface area contributed by atoms with E-state index < -0.39 is 5.60 Å². The molecule has 0 aromatic heterocycles. The van der Waals surface area contributed by atoms with E-state index in [9.17, 15) is 5.11 Å². The number of rotatable bonds is 4. The molecular formula is C16H16Cl2O. The van der Waals surface area contributed by atoms with Crippen LogP contribution < -0.4 is 0 Å². The van der Waals surface area contributed by atoms with Gasteiger partial charge in [-0.05, 0) is 18.1 Å². The van der Waals surface area contributed by atoms with Crippen LogP contribution in [0.15, 0.2) is 48.5 Å². The minimum Gasteiger partial charge on any atom is -0.380 e. The van der Waals surface area contributed by atoms with Gasteiger partial charge in [0.25, 0.3) is 0 Å².